The van der Waals surface area contributed by atoms with Gasteiger partial charge in [0.15, 0.2) is 0 Å². The van der Waals surface area contributed by atoms with Crippen molar-refractivity contribution in [3.63, 3.8) is 0 Å². The smallest absolute Gasteiger partial charge is 0.309 e. The average Bonchev–Trinajstić information content (AvgIpc) is 3.20. The third kappa shape index (κ3) is 3.09. The van der Waals surface area contributed by atoms with Crippen LogP contribution in [-0.2, 0) is 9.53 Å². The molecule has 0 aliphatic heterocycles. The molecule has 1 N–H and O–H groups in total. The number of aliphatic carboxylic acids is 1. The van der Waals surface area contributed by atoms with Crippen molar-refractivity contribution in [1.29, 1.82) is 0 Å². The highest BCUT2D eigenvalue weighted by atomic mass is 16.5. The minimum atomic E-state index is -0.518. The van der Waals surface area contributed by atoms with E-state index in [0.29, 0.717) is 29.3 Å². The number of ether oxygens (including phenoxy) is 1. The van der Waals surface area contributed by atoms with E-state index in [1.165, 1.54) is 44.1 Å². The fraction of sp³-hybridized carbons (Fsp3) is 0.906. The molecule has 3 heteroatoms. The number of hydrogen-bond acceptors (Lipinski definition) is 2. The predicted molar refractivity (Wildman–Crippen MR) is 142 cm³/mol. The molecule has 0 amide bonds. The molecule has 5 aliphatic carbocycles. The van der Waals surface area contributed by atoms with E-state index in [1.54, 1.807) is 0 Å². The lowest BCUT2D eigenvalue weighted by atomic mass is 9.32. The van der Waals surface area contributed by atoms with Crippen molar-refractivity contribution in [1.82, 2.24) is 0 Å². The summed E-state index contributed by atoms with van der Waals surface area (Å²) in [6, 6.07) is 0. The summed E-state index contributed by atoms with van der Waals surface area (Å²) in [7, 11) is 1.91. The Morgan fingerprint density at radius 1 is 0.886 bits per heavy atom. The van der Waals surface area contributed by atoms with Gasteiger partial charge in [-0.25, -0.2) is 0 Å². The predicted octanol–water partition coefficient (Wildman–Crippen LogP) is 8.13. The lowest BCUT2D eigenvalue weighted by Gasteiger charge is -2.72. The Balaban J connectivity index is 1.55. The van der Waals surface area contributed by atoms with Crippen LogP contribution in [0.1, 0.15) is 112 Å². The van der Waals surface area contributed by atoms with Crippen molar-refractivity contribution in [2.45, 2.75) is 118 Å². The van der Waals surface area contributed by atoms with E-state index in [4.69, 9.17) is 4.74 Å². The van der Waals surface area contributed by atoms with Crippen molar-refractivity contribution >= 4 is 5.97 Å². The molecule has 5 saturated carbocycles. The van der Waals surface area contributed by atoms with Gasteiger partial charge < -0.3 is 9.84 Å². The van der Waals surface area contributed by atoms with E-state index in [1.807, 2.05) is 7.11 Å². The quantitative estimate of drug-likeness (QED) is 0.410. The molecule has 5 rings (SSSR count). The zero-order valence-electron chi connectivity index (χ0n) is 23.7. The maximum Gasteiger partial charge on any atom is 0.309 e. The lowest BCUT2D eigenvalue weighted by Crippen LogP contribution is -2.67. The van der Waals surface area contributed by atoms with E-state index in [-0.39, 0.29) is 22.2 Å². The molecule has 0 saturated heterocycles. The summed E-state index contributed by atoms with van der Waals surface area (Å²) in [5.74, 6) is 2.08. The third-order valence-corrected chi connectivity index (χ3v) is 14.1. The van der Waals surface area contributed by atoms with E-state index in [9.17, 15) is 9.90 Å². The van der Waals surface area contributed by atoms with Gasteiger partial charge >= 0.3 is 5.97 Å². The Morgan fingerprint density at radius 2 is 1.60 bits per heavy atom. The molecule has 4 unspecified atom stereocenters. The van der Waals surface area contributed by atoms with E-state index in [2.05, 4.69) is 48.1 Å². The van der Waals surface area contributed by atoms with Crippen LogP contribution in [0.3, 0.4) is 0 Å². The first-order valence-electron chi connectivity index (χ1n) is 14.8. The second-order valence-corrected chi connectivity index (χ2v) is 14.9. The molecule has 0 bridgehead atoms. The molecular weight excluding hydrogens is 432 g/mol. The number of carbonyl (C=O) groups is 1. The topological polar surface area (TPSA) is 46.5 Å². The molecule has 0 spiro atoms. The molecular formula is C32H52O3. The standard InChI is InChI=1S/C32H52O3/c1-9-20(2)21-12-17-32(27(33)34)19-18-30(6)22(26(21)32)10-11-24-29(5)15-14-25(35-8)28(3,4)23(29)13-16-31(24,30)7/h21-26H,2,9-19H2,1,3-8H3,(H,33,34)/t21-,22?,23?,24?,25-,26?,29-,30+,31+,32-/m0/s1. The van der Waals surface area contributed by atoms with Crippen LogP contribution in [0.5, 0.6) is 0 Å². The van der Waals surface area contributed by atoms with Crippen LogP contribution in [0.4, 0.5) is 0 Å². The van der Waals surface area contributed by atoms with E-state index >= 15 is 0 Å². The Labute approximate surface area is 214 Å². The number of rotatable bonds is 4. The third-order valence-electron chi connectivity index (χ3n) is 14.1. The van der Waals surface area contributed by atoms with Gasteiger partial charge in [0, 0.05) is 7.11 Å². The summed E-state index contributed by atoms with van der Waals surface area (Å²) in [5, 5.41) is 10.6. The minimum absolute atomic E-state index is 0.210. The van der Waals surface area contributed by atoms with Crippen LogP contribution < -0.4 is 0 Å². The van der Waals surface area contributed by atoms with Crippen LogP contribution >= 0.6 is 0 Å². The van der Waals surface area contributed by atoms with Crippen molar-refractivity contribution in [3.8, 4) is 0 Å². The molecule has 0 aromatic carbocycles. The Morgan fingerprint density at radius 3 is 2.23 bits per heavy atom. The first-order chi connectivity index (χ1) is 16.3. The Bertz CT molecular complexity index is 891. The van der Waals surface area contributed by atoms with Gasteiger partial charge in [-0.15, -0.1) is 0 Å². The van der Waals surface area contributed by atoms with Crippen LogP contribution in [0, 0.1) is 56.7 Å². The first kappa shape index (κ1) is 25.8. The molecule has 5 aliphatic rings. The molecule has 3 nitrogen and oxygen atoms in total. The molecule has 10 atom stereocenters. The SMILES string of the molecule is C=C(CC)[C@@H]1CC[C@]2(C(=O)O)CC[C@]3(C)C(CCC4[C@@]5(C)CC[C@H](OC)C(C)(C)C5CC[C@]43C)C12. The normalized spacial score (nSPS) is 52.5. The minimum Gasteiger partial charge on any atom is -0.481 e. The molecule has 5 fully saturated rings. The summed E-state index contributed by atoms with van der Waals surface area (Å²) in [6.45, 7) is 19.5. The van der Waals surface area contributed by atoms with E-state index < -0.39 is 11.4 Å². The fourth-order valence-corrected chi connectivity index (χ4v) is 12.1. The van der Waals surface area contributed by atoms with Crippen molar-refractivity contribution in [2.75, 3.05) is 7.11 Å². The molecule has 0 heterocycles. The molecule has 0 aromatic heterocycles. The Hall–Kier alpha value is -0.830. The summed E-state index contributed by atoms with van der Waals surface area (Å²) < 4.78 is 6.03. The van der Waals surface area contributed by atoms with Gasteiger partial charge in [0.1, 0.15) is 0 Å². The van der Waals surface area contributed by atoms with Gasteiger partial charge in [-0.2, -0.15) is 0 Å². The molecule has 198 valence electrons. The first-order valence-corrected chi connectivity index (χ1v) is 14.8. The molecule has 35 heavy (non-hydrogen) atoms. The van der Waals surface area contributed by atoms with Crippen LogP contribution in [0.15, 0.2) is 12.2 Å². The maximum absolute atomic E-state index is 12.9. The number of fused-ring (bicyclic) bond motifs is 7. The van der Waals surface area contributed by atoms with Gasteiger partial charge in [0.05, 0.1) is 11.5 Å². The highest BCUT2D eigenvalue weighted by molar-refractivity contribution is 5.76. The van der Waals surface area contributed by atoms with Crippen LogP contribution in [-0.4, -0.2) is 24.3 Å². The Kier molecular flexibility index (Phi) is 5.96. The highest BCUT2D eigenvalue weighted by Gasteiger charge is 2.72. The number of methoxy groups -OCH3 is 1. The average molecular weight is 485 g/mol. The second kappa shape index (κ2) is 8.08. The van der Waals surface area contributed by atoms with Crippen molar-refractivity contribution in [2.24, 2.45) is 56.7 Å². The summed E-state index contributed by atoms with van der Waals surface area (Å²) in [6.07, 6.45) is 12.7. The number of allylic oxidation sites excluding steroid dienone is 1. The number of carboxylic acid groups (broad SMARTS) is 1. The zero-order chi connectivity index (χ0) is 25.6. The van der Waals surface area contributed by atoms with Gasteiger partial charge in [0.25, 0.3) is 0 Å². The van der Waals surface area contributed by atoms with Gasteiger partial charge in [-0.1, -0.05) is 53.7 Å². The van der Waals surface area contributed by atoms with Gasteiger partial charge in [-0.3, -0.25) is 4.79 Å². The largest absolute Gasteiger partial charge is 0.481 e. The number of carboxylic acids is 1. The van der Waals surface area contributed by atoms with Gasteiger partial charge in [0.2, 0.25) is 0 Å². The van der Waals surface area contributed by atoms with Crippen LogP contribution in [0.2, 0.25) is 0 Å². The summed E-state index contributed by atoms with van der Waals surface area (Å²) in [4.78, 5) is 12.9. The number of hydrogen-bond donors (Lipinski definition) is 1. The molecule has 0 radical (unpaired) electrons. The highest BCUT2D eigenvalue weighted by Crippen LogP contribution is 2.77. The zero-order valence-corrected chi connectivity index (χ0v) is 23.7. The molecule has 0 aromatic rings. The van der Waals surface area contributed by atoms with E-state index in [0.717, 1.165) is 38.0 Å². The maximum atomic E-state index is 12.9. The van der Waals surface area contributed by atoms with Crippen molar-refractivity contribution < 1.29 is 14.6 Å². The summed E-state index contributed by atoms with van der Waals surface area (Å²) >= 11 is 0. The lowest BCUT2D eigenvalue weighted by molar-refractivity contribution is -0.250. The van der Waals surface area contributed by atoms with Gasteiger partial charge in [-0.05, 0) is 122 Å². The second-order valence-electron chi connectivity index (χ2n) is 14.9. The monoisotopic (exact) mass is 484 g/mol. The van der Waals surface area contributed by atoms with Crippen LogP contribution in [0.25, 0.3) is 0 Å². The van der Waals surface area contributed by atoms with Crippen molar-refractivity contribution in [3.05, 3.63) is 12.2 Å². The summed E-state index contributed by atoms with van der Waals surface area (Å²) in [5.41, 5.74) is 1.85. The fourth-order valence-electron chi connectivity index (χ4n) is 12.1.